The molecule has 7 rings (SSSR count). The van der Waals surface area contributed by atoms with E-state index < -0.39 is 255 Å². The normalized spacial score (nSPS) is 13.7. The molecular formula is C46H40O28S6. The largest absolute Gasteiger partial charge is 0.507 e. The SMILES string of the molecule is O=C(O)COc1c2cc(S(=O)(=O)O)cc1Cc1cc(S(=O)(=O)O)cc(c1OCC(=O)O)Cc1cc(S(=O)(=O)O)cc(c1O)Cc1cc(S(=O)(=O)O)cc(c1O)Cc1cc(S(=O)(=O)O)cc(c1O)Cc1cc(S(=O)(=O)O)cc(c1O)C2. The highest BCUT2D eigenvalue weighted by molar-refractivity contribution is 7.87. The van der Waals surface area contributed by atoms with Gasteiger partial charge in [0.1, 0.15) is 34.5 Å². The smallest absolute Gasteiger partial charge is 0.341 e. The van der Waals surface area contributed by atoms with Gasteiger partial charge in [0.05, 0.1) is 29.4 Å². The number of hydrogen-bond acceptors (Lipinski definition) is 20. The summed E-state index contributed by atoms with van der Waals surface area (Å²) in [4.78, 5) is 17.7. The van der Waals surface area contributed by atoms with Crippen molar-refractivity contribution in [3.63, 3.8) is 0 Å². The summed E-state index contributed by atoms with van der Waals surface area (Å²) >= 11 is 0. The molecule has 0 aliphatic heterocycles. The third-order valence-corrected chi connectivity index (χ3v) is 17.1. The standard InChI is InChI=1S/C46H40O28S6/c47-39(48)19-73-45-29-4-27-13-35(77(61,62)63)11-25(43(27)53)2-23-9-33(75(55,56)57)7-21(41(23)51)1-22-8-34(76(58,59)60)10-24(42(22)52)3-26-12-36(78(64,65)66)14-28(44(26)54)5-30-16-38(80(70,71)72)18-32(46(30)74-20-40(49)50)6-31(45)17-37(15-29)79(67,68)69/h7-18,51-54H,1-6,19-20H2,(H,47,48)(H,49,50)(H,55,56,57)(H,58,59,60)(H,61,62,63)(H,64,65,66)(H,67,68,69)(H,70,71,72). The first kappa shape index (κ1) is 60.2. The van der Waals surface area contributed by atoms with Crippen LogP contribution in [0.1, 0.15) is 66.8 Å². The number of ether oxygens (including phenoxy) is 2. The second-order valence-corrected chi connectivity index (χ2v) is 26.3. The van der Waals surface area contributed by atoms with Crippen LogP contribution in [0.5, 0.6) is 34.5 Å². The van der Waals surface area contributed by atoms with Crippen molar-refractivity contribution in [3.8, 4) is 34.5 Å². The number of aliphatic carboxylic acids is 2. The zero-order chi connectivity index (χ0) is 59.6. The fourth-order valence-corrected chi connectivity index (χ4v) is 12.2. The van der Waals surface area contributed by atoms with Crippen LogP contribution in [-0.2, 0) is 109 Å². The fraction of sp³-hybridized carbons (Fsp3) is 0.174. The van der Waals surface area contributed by atoms with Crippen LogP contribution in [0.4, 0.5) is 0 Å². The van der Waals surface area contributed by atoms with Gasteiger partial charge in [0.15, 0.2) is 13.2 Å². The van der Waals surface area contributed by atoms with E-state index in [2.05, 4.69) is 0 Å². The van der Waals surface area contributed by atoms with E-state index in [-0.39, 0.29) is 0 Å². The van der Waals surface area contributed by atoms with Crippen molar-refractivity contribution in [2.45, 2.75) is 67.9 Å². The third-order valence-electron chi connectivity index (χ3n) is 12.2. The Kier molecular flexibility index (Phi) is 16.2. The molecule has 0 atom stereocenters. The Morgan fingerprint density at radius 2 is 0.438 bits per heavy atom. The summed E-state index contributed by atoms with van der Waals surface area (Å²) in [5.74, 6) is -8.85. The predicted molar refractivity (Wildman–Crippen MR) is 267 cm³/mol. The van der Waals surface area contributed by atoms with Crippen LogP contribution in [0.2, 0.25) is 0 Å². The number of carboxylic acids is 2. The second-order valence-electron chi connectivity index (χ2n) is 17.8. The van der Waals surface area contributed by atoms with Gasteiger partial charge in [-0.25, -0.2) is 9.59 Å². The van der Waals surface area contributed by atoms with Crippen LogP contribution in [0.15, 0.2) is 102 Å². The number of fused-ring (bicyclic) bond motifs is 12. The molecule has 0 unspecified atom stereocenters. The van der Waals surface area contributed by atoms with E-state index in [0.717, 1.165) is 0 Å². The molecule has 0 amide bonds. The van der Waals surface area contributed by atoms with Gasteiger partial charge in [-0.05, 0) is 72.8 Å². The van der Waals surface area contributed by atoms with E-state index in [4.69, 9.17) is 9.47 Å². The molecule has 6 aromatic carbocycles. The molecule has 1 aliphatic carbocycles. The lowest BCUT2D eigenvalue weighted by molar-refractivity contribution is -0.140. The lowest BCUT2D eigenvalue weighted by Crippen LogP contribution is -2.15. The van der Waals surface area contributed by atoms with Crippen LogP contribution >= 0.6 is 0 Å². The van der Waals surface area contributed by atoms with Crippen molar-refractivity contribution in [3.05, 3.63) is 140 Å². The van der Waals surface area contributed by atoms with Gasteiger partial charge < -0.3 is 40.1 Å². The fourth-order valence-electron chi connectivity index (χ4n) is 8.72. The Morgan fingerprint density at radius 3 is 0.588 bits per heavy atom. The Balaban J connectivity index is 1.67. The minimum absolute atomic E-state index is 0.594. The Bertz CT molecular complexity index is 4070. The monoisotopic (exact) mass is 1230 g/mol. The number of benzene rings is 6. The van der Waals surface area contributed by atoms with Gasteiger partial charge in [0.2, 0.25) is 0 Å². The average molecular weight is 1230 g/mol. The highest BCUT2D eigenvalue weighted by Gasteiger charge is 2.30. The molecule has 12 bridgehead atoms. The molecule has 0 heterocycles. The maximum absolute atomic E-state index is 13.0. The Morgan fingerprint density at radius 1 is 0.300 bits per heavy atom. The summed E-state index contributed by atoms with van der Waals surface area (Å²) in [6.07, 6.45) is -6.05. The molecular weight excluding hydrogens is 1190 g/mol. The second kappa shape index (κ2) is 21.5. The van der Waals surface area contributed by atoms with E-state index in [9.17, 15) is 118 Å². The number of carbonyl (C=O) groups is 2. The molecule has 28 nitrogen and oxygen atoms in total. The number of aromatic hydroxyl groups is 4. The summed E-state index contributed by atoms with van der Waals surface area (Å²) in [6, 6.07) is 7.31. The van der Waals surface area contributed by atoms with E-state index in [1.54, 1.807) is 0 Å². The van der Waals surface area contributed by atoms with Gasteiger partial charge in [0.25, 0.3) is 60.7 Å². The maximum atomic E-state index is 13.0. The molecule has 0 saturated carbocycles. The lowest BCUT2D eigenvalue weighted by atomic mass is 9.91. The zero-order valence-corrected chi connectivity index (χ0v) is 44.8. The Hall–Kier alpha value is -7.48. The highest BCUT2D eigenvalue weighted by Crippen LogP contribution is 2.43. The number of hydrogen-bond donors (Lipinski definition) is 12. The van der Waals surface area contributed by atoms with Gasteiger partial charge >= 0.3 is 11.9 Å². The summed E-state index contributed by atoms with van der Waals surface area (Å²) in [5.41, 5.74) is -7.47. The molecule has 12 N–H and O–H groups in total. The van der Waals surface area contributed by atoms with Crippen molar-refractivity contribution in [1.29, 1.82) is 0 Å². The molecule has 6 aromatic rings. The van der Waals surface area contributed by atoms with Gasteiger partial charge in [-0.15, -0.1) is 0 Å². The number of phenolic OH excluding ortho intramolecular Hbond substituents is 4. The molecule has 0 spiro atoms. The number of carboxylic acid groups (broad SMARTS) is 2. The van der Waals surface area contributed by atoms with Crippen LogP contribution in [0.25, 0.3) is 0 Å². The van der Waals surface area contributed by atoms with Gasteiger partial charge in [-0.2, -0.15) is 50.5 Å². The van der Waals surface area contributed by atoms with Crippen molar-refractivity contribution >= 4 is 72.6 Å². The van der Waals surface area contributed by atoms with Crippen LogP contribution < -0.4 is 9.47 Å². The average Bonchev–Trinajstić information content (AvgIpc) is 3.31. The summed E-state index contributed by atoms with van der Waals surface area (Å²) < 4.78 is 227. The molecule has 0 saturated heterocycles. The first-order valence-electron chi connectivity index (χ1n) is 21.9. The van der Waals surface area contributed by atoms with E-state index in [0.29, 0.717) is 72.8 Å². The molecule has 0 radical (unpaired) electrons. The minimum Gasteiger partial charge on any atom is -0.507 e. The summed E-state index contributed by atoms with van der Waals surface area (Å²) in [5, 5.41) is 66.8. The van der Waals surface area contributed by atoms with Crippen molar-refractivity contribution in [2.24, 2.45) is 0 Å². The predicted octanol–water partition coefficient (Wildman–Crippen LogP) is 2.77. The van der Waals surface area contributed by atoms with Gasteiger partial charge in [-0.1, -0.05) is 0 Å². The van der Waals surface area contributed by atoms with Gasteiger partial charge in [-0.3, -0.25) is 27.3 Å². The first-order valence-corrected chi connectivity index (χ1v) is 30.6. The van der Waals surface area contributed by atoms with E-state index in [1.165, 1.54) is 0 Å². The molecule has 80 heavy (non-hydrogen) atoms. The van der Waals surface area contributed by atoms with E-state index in [1.807, 2.05) is 0 Å². The molecule has 34 heteroatoms. The maximum Gasteiger partial charge on any atom is 0.341 e. The molecule has 0 aromatic heterocycles. The molecule has 0 fully saturated rings. The van der Waals surface area contributed by atoms with Crippen molar-refractivity contribution in [2.75, 3.05) is 13.2 Å². The molecule has 428 valence electrons. The minimum atomic E-state index is -5.43. The van der Waals surface area contributed by atoms with Crippen molar-refractivity contribution in [1.82, 2.24) is 0 Å². The lowest BCUT2D eigenvalue weighted by Gasteiger charge is -2.21. The zero-order valence-electron chi connectivity index (χ0n) is 39.9. The van der Waals surface area contributed by atoms with E-state index >= 15 is 0 Å². The Labute approximate surface area is 452 Å². The highest BCUT2D eigenvalue weighted by atomic mass is 32.2. The first-order chi connectivity index (χ1) is 36.7. The van der Waals surface area contributed by atoms with Crippen LogP contribution in [0.3, 0.4) is 0 Å². The third kappa shape index (κ3) is 13.6. The summed E-state index contributed by atoms with van der Waals surface area (Å²) in [6.45, 7) is -2.63. The van der Waals surface area contributed by atoms with Gasteiger partial charge in [0, 0.05) is 105 Å². The quantitative estimate of drug-likeness (QED) is 0.0782. The van der Waals surface area contributed by atoms with Crippen LogP contribution in [-0.4, -0.2) is 134 Å². The van der Waals surface area contributed by atoms with Crippen molar-refractivity contribution < 1.29 is 128 Å². The number of rotatable bonds is 12. The topological polar surface area (TPSA) is 500 Å². The number of phenols is 4. The summed E-state index contributed by atoms with van der Waals surface area (Å²) in [7, 11) is -32.3. The van der Waals surface area contributed by atoms with Crippen LogP contribution in [0, 0.1) is 0 Å². The molecule has 1 aliphatic rings.